The van der Waals surface area contributed by atoms with Gasteiger partial charge < -0.3 is 10.1 Å². The number of rotatable bonds is 6. The maximum Gasteiger partial charge on any atom is 0.255 e. The SMILES string of the molecule is CCc1ccc(Cl)c(CC)c1NC(=O)c1cccc(COC)c1. The van der Waals surface area contributed by atoms with Crippen LogP contribution in [0.25, 0.3) is 0 Å². The maximum absolute atomic E-state index is 12.6. The van der Waals surface area contributed by atoms with Gasteiger partial charge in [-0.2, -0.15) is 0 Å². The van der Waals surface area contributed by atoms with Gasteiger partial charge in [0.15, 0.2) is 0 Å². The van der Waals surface area contributed by atoms with Crippen LogP contribution in [0.15, 0.2) is 36.4 Å². The molecule has 1 amide bonds. The van der Waals surface area contributed by atoms with Gasteiger partial charge in [0.2, 0.25) is 0 Å². The number of amides is 1. The van der Waals surface area contributed by atoms with Crippen LogP contribution in [0.3, 0.4) is 0 Å². The van der Waals surface area contributed by atoms with Crippen LogP contribution in [0.2, 0.25) is 5.02 Å². The average Bonchev–Trinajstić information content (AvgIpc) is 2.56. The summed E-state index contributed by atoms with van der Waals surface area (Å²) >= 11 is 6.29. The topological polar surface area (TPSA) is 38.3 Å². The number of hydrogen-bond donors (Lipinski definition) is 1. The predicted octanol–water partition coefficient (Wildman–Crippen LogP) is 4.86. The van der Waals surface area contributed by atoms with Crippen molar-refractivity contribution in [2.24, 2.45) is 0 Å². The third-order valence-corrected chi connectivity index (χ3v) is 4.17. The summed E-state index contributed by atoms with van der Waals surface area (Å²) in [4.78, 5) is 12.6. The van der Waals surface area contributed by atoms with Gasteiger partial charge >= 0.3 is 0 Å². The zero-order valence-electron chi connectivity index (χ0n) is 13.8. The Bertz CT molecular complexity index is 698. The van der Waals surface area contributed by atoms with E-state index in [1.54, 1.807) is 13.2 Å². The fourth-order valence-electron chi connectivity index (χ4n) is 2.62. The molecule has 0 saturated heterocycles. The number of carbonyl (C=O) groups is 1. The summed E-state index contributed by atoms with van der Waals surface area (Å²) in [5.74, 6) is -0.130. The number of benzene rings is 2. The van der Waals surface area contributed by atoms with Crippen molar-refractivity contribution in [2.45, 2.75) is 33.3 Å². The smallest absolute Gasteiger partial charge is 0.255 e. The number of carbonyl (C=O) groups excluding carboxylic acids is 1. The van der Waals surface area contributed by atoms with Gasteiger partial charge in [0.05, 0.1) is 6.61 Å². The van der Waals surface area contributed by atoms with Crippen LogP contribution < -0.4 is 5.32 Å². The van der Waals surface area contributed by atoms with E-state index in [2.05, 4.69) is 12.2 Å². The van der Waals surface area contributed by atoms with Crippen LogP contribution in [0.5, 0.6) is 0 Å². The average molecular weight is 332 g/mol. The van der Waals surface area contributed by atoms with E-state index < -0.39 is 0 Å². The highest BCUT2D eigenvalue weighted by atomic mass is 35.5. The molecule has 0 fully saturated rings. The second kappa shape index (κ2) is 8.14. The number of anilines is 1. The second-order valence-corrected chi connectivity index (χ2v) is 5.76. The summed E-state index contributed by atoms with van der Waals surface area (Å²) < 4.78 is 5.12. The van der Waals surface area contributed by atoms with Crippen LogP contribution in [0.1, 0.15) is 40.9 Å². The van der Waals surface area contributed by atoms with Crippen LogP contribution >= 0.6 is 11.6 Å². The molecule has 0 atom stereocenters. The highest BCUT2D eigenvalue weighted by molar-refractivity contribution is 6.32. The molecule has 0 aliphatic rings. The van der Waals surface area contributed by atoms with Crippen LogP contribution in [0, 0.1) is 0 Å². The van der Waals surface area contributed by atoms with Gasteiger partial charge in [0.1, 0.15) is 0 Å². The fourth-order valence-corrected chi connectivity index (χ4v) is 2.91. The Morgan fingerprint density at radius 1 is 1.17 bits per heavy atom. The first-order chi connectivity index (χ1) is 11.1. The molecule has 2 aromatic rings. The number of methoxy groups -OCH3 is 1. The van der Waals surface area contributed by atoms with Gasteiger partial charge in [-0.05, 0) is 47.7 Å². The van der Waals surface area contributed by atoms with Crippen LogP contribution in [-0.2, 0) is 24.2 Å². The van der Waals surface area contributed by atoms with Gasteiger partial charge in [-0.25, -0.2) is 0 Å². The molecule has 0 radical (unpaired) electrons. The van der Waals surface area contributed by atoms with Crippen LogP contribution in [0.4, 0.5) is 5.69 Å². The summed E-state index contributed by atoms with van der Waals surface area (Å²) in [5.41, 5.74) is 4.49. The van der Waals surface area contributed by atoms with E-state index in [1.807, 2.05) is 37.3 Å². The summed E-state index contributed by atoms with van der Waals surface area (Å²) in [6, 6.07) is 11.3. The van der Waals surface area contributed by atoms with E-state index >= 15 is 0 Å². The minimum absolute atomic E-state index is 0.130. The number of aryl methyl sites for hydroxylation is 1. The second-order valence-electron chi connectivity index (χ2n) is 5.35. The maximum atomic E-state index is 12.6. The molecule has 0 saturated carbocycles. The molecule has 0 aromatic heterocycles. The number of nitrogens with one attached hydrogen (secondary N) is 1. The minimum Gasteiger partial charge on any atom is -0.380 e. The van der Waals surface area contributed by atoms with E-state index in [9.17, 15) is 4.79 Å². The van der Waals surface area contributed by atoms with E-state index in [0.29, 0.717) is 17.2 Å². The highest BCUT2D eigenvalue weighted by Gasteiger charge is 2.14. The first-order valence-corrected chi connectivity index (χ1v) is 8.17. The molecule has 0 heterocycles. The molecule has 2 aromatic carbocycles. The molecular formula is C19H22ClNO2. The standard InChI is InChI=1S/C19H22ClNO2/c1-4-14-9-10-17(20)16(5-2)18(14)21-19(22)15-8-6-7-13(11-15)12-23-3/h6-11H,4-5,12H2,1-3H3,(H,21,22). The van der Waals surface area contributed by atoms with Gasteiger partial charge in [0.25, 0.3) is 5.91 Å². The van der Waals surface area contributed by atoms with Crippen molar-refractivity contribution in [3.8, 4) is 0 Å². The lowest BCUT2D eigenvalue weighted by molar-refractivity contribution is 0.102. The van der Waals surface area contributed by atoms with Crippen molar-refractivity contribution in [1.29, 1.82) is 0 Å². The number of hydrogen-bond acceptors (Lipinski definition) is 2. The van der Waals surface area contributed by atoms with Crippen molar-refractivity contribution in [3.63, 3.8) is 0 Å². The van der Waals surface area contributed by atoms with Crippen LogP contribution in [-0.4, -0.2) is 13.0 Å². The van der Waals surface area contributed by atoms with Gasteiger partial charge in [-0.3, -0.25) is 4.79 Å². The molecule has 4 heteroatoms. The third-order valence-electron chi connectivity index (χ3n) is 3.82. The lowest BCUT2D eigenvalue weighted by Crippen LogP contribution is -2.15. The molecule has 2 rings (SSSR count). The Kier molecular flexibility index (Phi) is 6.20. The van der Waals surface area contributed by atoms with Crippen molar-refractivity contribution in [2.75, 3.05) is 12.4 Å². The first kappa shape index (κ1) is 17.5. The quantitative estimate of drug-likeness (QED) is 0.820. The lowest BCUT2D eigenvalue weighted by Gasteiger charge is -2.16. The fraction of sp³-hybridized carbons (Fsp3) is 0.316. The predicted molar refractivity (Wildman–Crippen MR) is 95.3 cm³/mol. The molecule has 1 N–H and O–H groups in total. The Hall–Kier alpha value is -1.84. The van der Waals surface area contributed by atoms with E-state index in [1.165, 1.54) is 0 Å². The van der Waals surface area contributed by atoms with Gasteiger partial charge in [-0.1, -0.05) is 43.6 Å². The molecule has 23 heavy (non-hydrogen) atoms. The zero-order valence-corrected chi connectivity index (χ0v) is 14.5. The Morgan fingerprint density at radius 3 is 2.61 bits per heavy atom. The molecule has 0 aliphatic heterocycles. The van der Waals surface area contributed by atoms with E-state index in [0.717, 1.165) is 35.2 Å². The van der Waals surface area contributed by atoms with Crippen molar-refractivity contribution >= 4 is 23.2 Å². The van der Waals surface area contributed by atoms with Crippen molar-refractivity contribution < 1.29 is 9.53 Å². The minimum atomic E-state index is -0.130. The van der Waals surface area contributed by atoms with Crippen molar-refractivity contribution in [3.05, 3.63) is 63.7 Å². The van der Waals surface area contributed by atoms with Crippen molar-refractivity contribution in [1.82, 2.24) is 0 Å². The highest BCUT2D eigenvalue weighted by Crippen LogP contribution is 2.30. The number of ether oxygens (including phenoxy) is 1. The summed E-state index contributed by atoms with van der Waals surface area (Å²) in [6.45, 7) is 4.59. The molecule has 3 nitrogen and oxygen atoms in total. The Labute approximate surface area is 142 Å². The lowest BCUT2D eigenvalue weighted by atomic mass is 10.0. The summed E-state index contributed by atoms with van der Waals surface area (Å²) in [5, 5.41) is 3.73. The molecule has 0 aliphatic carbocycles. The van der Waals surface area contributed by atoms with E-state index in [-0.39, 0.29) is 5.91 Å². The van der Waals surface area contributed by atoms with Gasteiger partial charge in [-0.15, -0.1) is 0 Å². The molecule has 0 unspecified atom stereocenters. The Morgan fingerprint density at radius 2 is 1.96 bits per heavy atom. The zero-order chi connectivity index (χ0) is 16.8. The molecular weight excluding hydrogens is 310 g/mol. The third kappa shape index (κ3) is 4.12. The molecule has 0 spiro atoms. The van der Waals surface area contributed by atoms with E-state index in [4.69, 9.17) is 16.3 Å². The summed E-state index contributed by atoms with van der Waals surface area (Å²) in [7, 11) is 1.64. The normalized spacial score (nSPS) is 10.6. The Balaban J connectivity index is 2.33. The monoisotopic (exact) mass is 331 g/mol. The number of halogens is 1. The first-order valence-electron chi connectivity index (χ1n) is 7.80. The summed E-state index contributed by atoms with van der Waals surface area (Å²) in [6.07, 6.45) is 1.61. The largest absolute Gasteiger partial charge is 0.380 e. The molecule has 122 valence electrons. The van der Waals surface area contributed by atoms with Gasteiger partial charge in [0, 0.05) is 23.4 Å². The molecule has 0 bridgehead atoms.